The predicted molar refractivity (Wildman–Crippen MR) is 83.5 cm³/mol. The van der Waals surface area contributed by atoms with Crippen molar-refractivity contribution in [2.75, 3.05) is 4.90 Å². The summed E-state index contributed by atoms with van der Waals surface area (Å²) in [6.45, 7) is 1.48. The van der Waals surface area contributed by atoms with Crippen LogP contribution in [0.3, 0.4) is 0 Å². The van der Waals surface area contributed by atoms with Gasteiger partial charge in [-0.05, 0) is 24.5 Å². The van der Waals surface area contributed by atoms with Gasteiger partial charge in [-0.3, -0.25) is 14.5 Å². The van der Waals surface area contributed by atoms with Gasteiger partial charge in [0.2, 0.25) is 11.8 Å². The number of para-hydroxylation sites is 1. The molecule has 118 valence electrons. The Bertz CT molecular complexity index is 587. The summed E-state index contributed by atoms with van der Waals surface area (Å²) in [6, 6.07) is 6.92. The Kier molecular flexibility index (Phi) is 4.16. The molecular formula is C17H22N2O3. The van der Waals surface area contributed by atoms with Crippen LogP contribution in [0.1, 0.15) is 38.2 Å². The number of carbonyl (C=O) groups is 2. The molecule has 1 aromatic rings. The van der Waals surface area contributed by atoms with Gasteiger partial charge in [0.1, 0.15) is 6.04 Å². The summed E-state index contributed by atoms with van der Waals surface area (Å²) in [5.74, 6) is -0.299. The highest BCUT2D eigenvalue weighted by molar-refractivity contribution is 6.02. The average Bonchev–Trinajstić information content (AvgIpc) is 2.89. The number of carbonyl (C=O) groups excluding carboxylic acids is 2. The Morgan fingerprint density at radius 2 is 1.95 bits per heavy atom. The first kappa shape index (κ1) is 15.0. The monoisotopic (exact) mass is 302 g/mol. The molecular weight excluding hydrogens is 280 g/mol. The molecule has 0 aromatic heterocycles. The van der Waals surface area contributed by atoms with Crippen molar-refractivity contribution in [1.29, 1.82) is 0 Å². The molecule has 5 heteroatoms. The summed E-state index contributed by atoms with van der Waals surface area (Å²) < 4.78 is 0. The van der Waals surface area contributed by atoms with E-state index in [0.29, 0.717) is 6.42 Å². The Morgan fingerprint density at radius 1 is 1.23 bits per heavy atom. The van der Waals surface area contributed by atoms with Gasteiger partial charge in [-0.15, -0.1) is 0 Å². The first-order valence-electron chi connectivity index (χ1n) is 7.94. The largest absolute Gasteiger partial charge is 0.391 e. The first-order chi connectivity index (χ1) is 10.6. The molecule has 1 aliphatic heterocycles. The fourth-order valence-corrected chi connectivity index (χ4v) is 3.54. The van der Waals surface area contributed by atoms with E-state index in [1.807, 2.05) is 24.3 Å². The molecule has 22 heavy (non-hydrogen) atoms. The Hall–Kier alpha value is -1.88. The zero-order valence-corrected chi connectivity index (χ0v) is 12.8. The van der Waals surface area contributed by atoms with Gasteiger partial charge in [-0.2, -0.15) is 0 Å². The highest BCUT2D eigenvalue weighted by Gasteiger charge is 2.38. The van der Waals surface area contributed by atoms with E-state index in [-0.39, 0.29) is 17.9 Å². The molecule has 1 saturated carbocycles. The van der Waals surface area contributed by atoms with Crippen molar-refractivity contribution in [1.82, 2.24) is 5.32 Å². The minimum Gasteiger partial charge on any atom is -0.391 e. The number of nitrogens with zero attached hydrogens (tertiary/aromatic N) is 1. The van der Waals surface area contributed by atoms with Crippen molar-refractivity contribution in [2.24, 2.45) is 0 Å². The molecule has 0 radical (unpaired) electrons. The third-order valence-corrected chi connectivity index (χ3v) is 4.68. The van der Waals surface area contributed by atoms with Crippen molar-refractivity contribution >= 4 is 17.5 Å². The quantitative estimate of drug-likeness (QED) is 0.867. The van der Waals surface area contributed by atoms with Gasteiger partial charge < -0.3 is 10.4 Å². The second kappa shape index (κ2) is 6.08. The van der Waals surface area contributed by atoms with Crippen molar-refractivity contribution in [3.8, 4) is 0 Å². The third-order valence-electron chi connectivity index (χ3n) is 4.68. The summed E-state index contributed by atoms with van der Waals surface area (Å²) in [4.78, 5) is 26.2. The molecule has 0 spiro atoms. The van der Waals surface area contributed by atoms with E-state index in [1.165, 1.54) is 6.92 Å². The van der Waals surface area contributed by atoms with E-state index >= 15 is 0 Å². The van der Waals surface area contributed by atoms with E-state index < -0.39 is 12.1 Å². The van der Waals surface area contributed by atoms with Gasteiger partial charge in [-0.1, -0.05) is 31.0 Å². The summed E-state index contributed by atoms with van der Waals surface area (Å²) >= 11 is 0. The molecule has 1 aliphatic carbocycles. The second-order valence-electron chi connectivity index (χ2n) is 6.20. The maximum Gasteiger partial charge on any atom is 0.243 e. The van der Waals surface area contributed by atoms with Crippen LogP contribution in [0.4, 0.5) is 5.69 Å². The number of amides is 2. The molecule has 0 bridgehead atoms. The maximum atomic E-state index is 12.6. The van der Waals surface area contributed by atoms with Gasteiger partial charge in [0, 0.05) is 19.0 Å². The van der Waals surface area contributed by atoms with Gasteiger partial charge >= 0.3 is 0 Å². The minimum atomic E-state index is -0.510. The molecule has 5 nitrogen and oxygen atoms in total. The van der Waals surface area contributed by atoms with Crippen LogP contribution >= 0.6 is 0 Å². The van der Waals surface area contributed by atoms with Crippen LogP contribution in [0.5, 0.6) is 0 Å². The van der Waals surface area contributed by atoms with Gasteiger partial charge in [0.05, 0.1) is 12.1 Å². The minimum absolute atomic E-state index is 0.130. The number of hydrogen-bond donors (Lipinski definition) is 2. The smallest absolute Gasteiger partial charge is 0.243 e. The molecule has 2 N–H and O–H groups in total. The van der Waals surface area contributed by atoms with Crippen molar-refractivity contribution in [3.63, 3.8) is 0 Å². The summed E-state index contributed by atoms with van der Waals surface area (Å²) in [5.41, 5.74) is 1.83. The lowest BCUT2D eigenvalue weighted by atomic mass is 9.92. The lowest BCUT2D eigenvalue weighted by molar-refractivity contribution is -0.127. The lowest BCUT2D eigenvalue weighted by Gasteiger charge is -2.31. The molecule has 2 amide bonds. The molecule has 2 unspecified atom stereocenters. The Labute approximate surface area is 130 Å². The number of aliphatic hydroxyl groups is 1. The van der Waals surface area contributed by atoms with Crippen molar-refractivity contribution in [3.05, 3.63) is 29.8 Å². The van der Waals surface area contributed by atoms with Crippen LogP contribution in [0.15, 0.2) is 24.3 Å². The fraction of sp³-hybridized carbons (Fsp3) is 0.529. The van der Waals surface area contributed by atoms with Gasteiger partial charge in [0.15, 0.2) is 0 Å². The topological polar surface area (TPSA) is 69.6 Å². The zero-order chi connectivity index (χ0) is 15.7. The van der Waals surface area contributed by atoms with Crippen LogP contribution in [-0.2, 0) is 16.0 Å². The number of fused-ring (bicyclic) bond motifs is 1. The van der Waals surface area contributed by atoms with Crippen LogP contribution in [0.25, 0.3) is 0 Å². The number of benzene rings is 1. The van der Waals surface area contributed by atoms with E-state index in [1.54, 1.807) is 4.90 Å². The predicted octanol–water partition coefficient (Wildman–Crippen LogP) is 1.38. The third kappa shape index (κ3) is 2.73. The Balaban J connectivity index is 1.76. The molecule has 3 atom stereocenters. The summed E-state index contributed by atoms with van der Waals surface area (Å²) in [6.07, 6.45) is 3.60. The van der Waals surface area contributed by atoms with Gasteiger partial charge in [-0.25, -0.2) is 0 Å². The SMILES string of the molecule is CC(=O)N1c2ccccc2C[C@H]1C(=O)NC1CCCCC1O. The van der Waals surface area contributed by atoms with E-state index in [0.717, 1.165) is 36.9 Å². The second-order valence-corrected chi connectivity index (χ2v) is 6.20. The first-order valence-corrected chi connectivity index (χ1v) is 7.94. The van der Waals surface area contributed by atoms with Crippen LogP contribution in [0, 0.1) is 0 Å². The molecule has 3 rings (SSSR count). The van der Waals surface area contributed by atoms with E-state index in [9.17, 15) is 14.7 Å². The highest BCUT2D eigenvalue weighted by atomic mass is 16.3. The fourth-order valence-electron chi connectivity index (χ4n) is 3.54. The number of anilines is 1. The van der Waals surface area contributed by atoms with E-state index in [2.05, 4.69) is 5.32 Å². The van der Waals surface area contributed by atoms with Crippen molar-refractivity contribution in [2.45, 2.75) is 57.2 Å². The number of rotatable bonds is 2. The van der Waals surface area contributed by atoms with Crippen LogP contribution in [-0.4, -0.2) is 35.1 Å². The number of nitrogens with one attached hydrogen (secondary N) is 1. The average molecular weight is 302 g/mol. The molecule has 1 heterocycles. The number of aliphatic hydroxyl groups excluding tert-OH is 1. The maximum absolute atomic E-state index is 12.6. The molecule has 0 saturated heterocycles. The summed E-state index contributed by atoms with van der Waals surface area (Å²) in [7, 11) is 0. The molecule has 2 aliphatic rings. The van der Waals surface area contributed by atoms with E-state index in [4.69, 9.17) is 0 Å². The Morgan fingerprint density at radius 3 is 2.68 bits per heavy atom. The summed E-state index contributed by atoms with van der Waals surface area (Å²) in [5, 5.41) is 13.0. The lowest BCUT2D eigenvalue weighted by Crippen LogP contribution is -2.53. The van der Waals surface area contributed by atoms with Crippen molar-refractivity contribution < 1.29 is 14.7 Å². The van der Waals surface area contributed by atoms with Gasteiger partial charge in [0.25, 0.3) is 0 Å². The standard InChI is InChI=1S/C17H22N2O3/c1-11(20)19-14-8-4-2-6-12(14)10-15(19)17(22)18-13-7-3-5-9-16(13)21/h2,4,6,8,13,15-16,21H,3,5,7,9-10H2,1H3,(H,18,22)/t13?,15-,16?/m0/s1. The zero-order valence-electron chi connectivity index (χ0n) is 12.8. The highest BCUT2D eigenvalue weighted by Crippen LogP contribution is 2.32. The van der Waals surface area contributed by atoms with Crippen LogP contribution < -0.4 is 10.2 Å². The van der Waals surface area contributed by atoms with Crippen LogP contribution in [0.2, 0.25) is 0 Å². The number of hydrogen-bond acceptors (Lipinski definition) is 3. The normalized spacial score (nSPS) is 27.4. The molecule has 1 aromatic carbocycles. The molecule has 1 fully saturated rings.